The Labute approximate surface area is 125 Å². The van der Waals surface area contributed by atoms with Crippen LogP contribution in [-0.4, -0.2) is 29.2 Å². The van der Waals surface area contributed by atoms with Crippen LogP contribution in [0.5, 0.6) is 11.8 Å². The average molecular weight is 302 g/mol. The third-order valence-electron chi connectivity index (χ3n) is 3.05. The SMILES string of the molecule is COc1ncnc(OC)c1CNc1ccc2ncsc2c1. The van der Waals surface area contributed by atoms with Crippen molar-refractivity contribution in [3.8, 4) is 11.8 Å². The van der Waals surface area contributed by atoms with E-state index in [1.807, 2.05) is 17.6 Å². The van der Waals surface area contributed by atoms with Gasteiger partial charge < -0.3 is 14.8 Å². The van der Waals surface area contributed by atoms with Crippen LogP contribution >= 0.6 is 11.3 Å². The highest BCUT2D eigenvalue weighted by atomic mass is 32.1. The van der Waals surface area contributed by atoms with Crippen molar-refractivity contribution in [3.63, 3.8) is 0 Å². The van der Waals surface area contributed by atoms with Gasteiger partial charge in [0.2, 0.25) is 11.8 Å². The van der Waals surface area contributed by atoms with E-state index in [0.717, 1.165) is 21.5 Å². The number of rotatable bonds is 5. The minimum absolute atomic E-state index is 0.508. The van der Waals surface area contributed by atoms with Crippen molar-refractivity contribution in [2.24, 2.45) is 0 Å². The molecule has 0 fully saturated rings. The van der Waals surface area contributed by atoms with E-state index in [2.05, 4.69) is 26.3 Å². The number of hydrogen-bond acceptors (Lipinski definition) is 7. The molecule has 0 amide bonds. The second-order valence-corrected chi connectivity index (χ2v) is 5.15. The van der Waals surface area contributed by atoms with Crippen LogP contribution in [0.2, 0.25) is 0 Å². The normalized spacial score (nSPS) is 10.6. The van der Waals surface area contributed by atoms with Crippen LogP contribution in [0.15, 0.2) is 30.0 Å². The van der Waals surface area contributed by atoms with Gasteiger partial charge in [-0.1, -0.05) is 0 Å². The fourth-order valence-corrected chi connectivity index (χ4v) is 2.76. The summed E-state index contributed by atoms with van der Waals surface area (Å²) < 4.78 is 11.7. The van der Waals surface area contributed by atoms with Crippen LogP contribution in [0.3, 0.4) is 0 Å². The van der Waals surface area contributed by atoms with Crippen molar-refractivity contribution < 1.29 is 9.47 Å². The average Bonchev–Trinajstić information content (AvgIpc) is 3.00. The molecule has 0 saturated heterocycles. The Bertz CT molecular complexity index is 737. The Morgan fingerprint density at radius 3 is 2.57 bits per heavy atom. The van der Waals surface area contributed by atoms with Crippen LogP contribution in [0.1, 0.15) is 5.56 Å². The van der Waals surface area contributed by atoms with Gasteiger partial charge in [-0.15, -0.1) is 11.3 Å². The van der Waals surface area contributed by atoms with Crippen molar-refractivity contribution >= 4 is 27.2 Å². The quantitative estimate of drug-likeness (QED) is 0.781. The minimum atomic E-state index is 0.508. The lowest BCUT2D eigenvalue weighted by molar-refractivity contribution is 0.363. The molecule has 21 heavy (non-hydrogen) atoms. The number of thiazole rings is 1. The third kappa shape index (κ3) is 2.73. The molecule has 108 valence electrons. The zero-order valence-electron chi connectivity index (χ0n) is 11.7. The first kappa shape index (κ1) is 13.6. The summed E-state index contributed by atoms with van der Waals surface area (Å²) in [6, 6.07) is 6.05. The van der Waals surface area contributed by atoms with E-state index in [1.54, 1.807) is 25.6 Å². The van der Waals surface area contributed by atoms with Gasteiger partial charge in [0, 0.05) is 5.69 Å². The first-order chi connectivity index (χ1) is 10.3. The van der Waals surface area contributed by atoms with Gasteiger partial charge in [0.25, 0.3) is 0 Å². The van der Waals surface area contributed by atoms with Gasteiger partial charge in [0.1, 0.15) is 6.33 Å². The standard InChI is InChI=1S/C14H14N4O2S/c1-19-13-10(14(20-2)17-7-16-13)6-15-9-3-4-11-12(5-9)21-8-18-11/h3-5,7-8,15H,6H2,1-2H3. The molecule has 0 aliphatic heterocycles. The number of methoxy groups -OCH3 is 2. The van der Waals surface area contributed by atoms with E-state index in [1.165, 1.54) is 6.33 Å². The molecule has 0 atom stereocenters. The summed E-state index contributed by atoms with van der Waals surface area (Å²) in [6.45, 7) is 0.511. The van der Waals surface area contributed by atoms with E-state index in [0.29, 0.717) is 18.3 Å². The summed E-state index contributed by atoms with van der Waals surface area (Å²) in [6.07, 6.45) is 1.42. The van der Waals surface area contributed by atoms with Gasteiger partial charge in [-0.25, -0.2) is 15.0 Å². The number of anilines is 1. The van der Waals surface area contributed by atoms with Crippen LogP contribution in [0.25, 0.3) is 10.2 Å². The maximum atomic E-state index is 5.26. The van der Waals surface area contributed by atoms with Crippen molar-refractivity contribution in [1.82, 2.24) is 15.0 Å². The molecule has 3 rings (SSSR count). The number of fused-ring (bicyclic) bond motifs is 1. The smallest absolute Gasteiger partial charge is 0.225 e. The van der Waals surface area contributed by atoms with Gasteiger partial charge >= 0.3 is 0 Å². The van der Waals surface area contributed by atoms with Crippen molar-refractivity contribution in [3.05, 3.63) is 35.6 Å². The molecule has 7 heteroatoms. The summed E-state index contributed by atoms with van der Waals surface area (Å²) in [5.41, 5.74) is 4.63. The Morgan fingerprint density at radius 2 is 1.86 bits per heavy atom. The number of benzene rings is 1. The lowest BCUT2D eigenvalue weighted by Crippen LogP contribution is -2.06. The predicted molar refractivity (Wildman–Crippen MR) is 82.1 cm³/mol. The van der Waals surface area contributed by atoms with E-state index in [4.69, 9.17) is 9.47 Å². The topological polar surface area (TPSA) is 69.2 Å². The van der Waals surface area contributed by atoms with Crippen LogP contribution in [-0.2, 0) is 6.54 Å². The van der Waals surface area contributed by atoms with Crippen molar-refractivity contribution in [2.75, 3.05) is 19.5 Å². The molecule has 0 aliphatic rings. The maximum Gasteiger partial charge on any atom is 0.225 e. The molecule has 1 N–H and O–H groups in total. The third-order valence-corrected chi connectivity index (χ3v) is 3.85. The van der Waals surface area contributed by atoms with Gasteiger partial charge in [-0.2, -0.15) is 0 Å². The van der Waals surface area contributed by atoms with Crippen molar-refractivity contribution in [2.45, 2.75) is 6.54 Å². The maximum absolute atomic E-state index is 5.26. The second-order valence-electron chi connectivity index (χ2n) is 4.26. The second kappa shape index (κ2) is 5.92. The molecule has 0 radical (unpaired) electrons. The number of nitrogens with zero attached hydrogens (tertiary/aromatic N) is 3. The first-order valence-electron chi connectivity index (χ1n) is 6.31. The summed E-state index contributed by atoms with van der Waals surface area (Å²) in [7, 11) is 3.16. The van der Waals surface area contributed by atoms with E-state index in [-0.39, 0.29) is 0 Å². The minimum Gasteiger partial charge on any atom is -0.481 e. The highest BCUT2D eigenvalue weighted by molar-refractivity contribution is 7.16. The molecule has 3 aromatic rings. The van der Waals surface area contributed by atoms with E-state index >= 15 is 0 Å². The summed E-state index contributed by atoms with van der Waals surface area (Å²) in [5.74, 6) is 1.02. The van der Waals surface area contributed by atoms with Gasteiger partial charge in [-0.3, -0.25) is 0 Å². The van der Waals surface area contributed by atoms with Gasteiger partial charge in [0.05, 0.1) is 42.1 Å². The van der Waals surface area contributed by atoms with Crippen molar-refractivity contribution in [1.29, 1.82) is 0 Å². The number of nitrogens with one attached hydrogen (secondary N) is 1. The van der Waals surface area contributed by atoms with Gasteiger partial charge in [-0.05, 0) is 18.2 Å². The number of aromatic nitrogens is 3. The Kier molecular flexibility index (Phi) is 3.83. The first-order valence-corrected chi connectivity index (χ1v) is 7.18. The summed E-state index contributed by atoms with van der Waals surface area (Å²) >= 11 is 1.61. The molecule has 0 spiro atoms. The predicted octanol–water partition coefficient (Wildman–Crippen LogP) is 2.72. The van der Waals surface area contributed by atoms with E-state index < -0.39 is 0 Å². The molecule has 2 heterocycles. The molecule has 0 saturated carbocycles. The molecule has 1 aromatic carbocycles. The zero-order valence-corrected chi connectivity index (χ0v) is 12.5. The lowest BCUT2D eigenvalue weighted by atomic mass is 10.2. The molecule has 0 bridgehead atoms. The molecular formula is C14H14N4O2S. The zero-order chi connectivity index (χ0) is 14.7. The number of ether oxygens (including phenoxy) is 2. The Morgan fingerprint density at radius 1 is 1.10 bits per heavy atom. The summed E-state index contributed by atoms with van der Waals surface area (Å²) in [4.78, 5) is 12.5. The highest BCUT2D eigenvalue weighted by Gasteiger charge is 2.12. The fourth-order valence-electron chi connectivity index (χ4n) is 2.04. The highest BCUT2D eigenvalue weighted by Crippen LogP contribution is 2.26. The largest absolute Gasteiger partial charge is 0.481 e. The molecule has 0 unspecified atom stereocenters. The van der Waals surface area contributed by atoms with Crippen LogP contribution in [0, 0.1) is 0 Å². The lowest BCUT2D eigenvalue weighted by Gasteiger charge is -2.12. The monoisotopic (exact) mass is 302 g/mol. The molecule has 2 aromatic heterocycles. The summed E-state index contributed by atoms with van der Waals surface area (Å²) in [5, 5.41) is 3.33. The Hall–Kier alpha value is -2.41. The molecular weight excluding hydrogens is 288 g/mol. The molecule has 0 aliphatic carbocycles. The van der Waals surface area contributed by atoms with Gasteiger partial charge in [0.15, 0.2) is 0 Å². The van der Waals surface area contributed by atoms with Crippen LogP contribution < -0.4 is 14.8 Å². The van der Waals surface area contributed by atoms with Crippen LogP contribution in [0.4, 0.5) is 5.69 Å². The van der Waals surface area contributed by atoms with E-state index in [9.17, 15) is 0 Å². The Balaban J connectivity index is 1.83. The number of hydrogen-bond donors (Lipinski definition) is 1. The molecule has 6 nitrogen and oxygen atoms in total. The fraction of sp³-hybridized carbons (Fsp3) is 0.214.